The van der Waals surface area contributed by atoms with Crippen molar-refractivity contribution in [3.8, 4) is 0 Å². The third-order valence-corrected chi connectivity index (χ3v) is 6.02. The van der Waals surface area contributed by atoms with Gasteiger partial charge in [-0.3, -0.25) is 4.79 Å². The summed E-state index contributed by atoms with van der Waals surface area (Å²) in [5.74, 6) is 0.875. The minimum absolute atomic E-state index is 0.224. The van der Waals surface area contributed by atoms with Crippen LogP contribution in [0, 0.1) is 8.80 Å². The summed E-state index contributed by atoms with van der Waals surface area (Å²) < 4.78 is 1.19. The van der Waals surface area contributed by atoms with Crippen LogP contribution in [0.25, 0.3) is 0 Å². The zero-order valence-corrected chi connectivity index (χ0v) is 13.9. The highest BCUT2D eigenvalue weighted by atomic mass is 127. The van der Waals surface area contributed by atoms with E-state index < -0.39 is 0 Å². The molecule has 3 heterocycles. The van der Waals surface area contributed by atoms with Crippen LogP contribution in [0.3, 0.4) is 0 Å². The molecule has 3 nitrogen and oxygen atoms in total. The zero-order chi connectivity index (χ0) is 13.2. The average molecular weight is 390 g/mol. The monoisotopic (exact) mass is 390 g/mol. The van der Waals surface area contributed by atoms with E-state index in [-0.39, 0.29) is 5.91 Å². The van der Waals surface area contributed by atoms with Gasteiger partial charge in [-0.2, -0.15) is 0 Å². The number of halogens is 1. The molecule has 2 fully saturated rings. The molecule has 1 N–H and O–H groups in total. The standard InChI is InChI=1S/C14H19IN2OS/c15-13-7-11(9-19-13)14(18)17-6-2-3-10(8-17)12-4-1-5-16-12/h7,9-10,12,16H,1-6,8H2. The smallest absolute Gasteiger partial charge is 0.254 e. The van der Waals surface area contributed by atoms with E-state index in [1.165, 1.54) is 22.1 Å². The Morgan fingerprint density at radius 2 is 2.32 bits per heavy atom. The lowest BCUT2D eigenvalue weighted by atomic mass is 9.89. The Morgan fingerprint density at radius 3 is 3.00 bits per heavy atom. The molecule has 2 unspecified atom stereocenters. The number of piperidine rings is 1. The van der Waals surface area contributed by atoms with E-state index in [0.29, 0.717) is 12.0 Å². The predicted octanol–water partition coefficient (Wildman–Crippen LogP) is 2.96. The molecule has 2 aliphatic rings. The topological polar surface area (TPSA) is 32.3 Å². The van der Waals surface area contributed by atoms with Gasteiger partial charge in [-0.1, -0.05) is 0 Å². The van der Waals surface area contributed by atoms with Crippen LogP contribution in [-0.4, -0.2) is 36.5 Å². The van der Waals surface area contributed by atoms with Gasteiger partial charge in [-0.25, -0.2) is 0 Å². The van der Waals surface area contributed by atoms with Gasteiger partial charge in [-0.05, 0) is 66.8 Å². The van der Waals surface area contributed by atoms with E-state index in [2.05, 4.69) is 32.8 Å². The van der Waals surface area contributed by atoms with E-state index in [0.717, 1.165) is 31.6 Å². The molecule has 0 aromatic carbocycles. The zero-order valence-electron chi connectivity index (χ0n) is 10.9. The number of hydrogen-bond acceptors (Lipinski definition) is 3. The Kier molecular flexibility index (Phi) is 4.44. The van der Waals surface area contributed by atoms with Crippen LogP contribution in [0.2, 0.25) is 0 Å². The minimum Gasteiger partial charge on any atom is -0.338 e. The van der Waals surface area contributed by atoms with E-state index in [1.54, 1.807) is 11.3 Å². The summed E-state index contributed by atoms with van der Waals surface area (Å²) in [6.45, 7) is 3.01. The van der Waals surface area contributed by atoms with Crippen molar-refractivity contribution in [2.24, 2.45) is 5.92 Å². The average Bonchev–Trinajstić information content (AvgIpc) is 3.09. The van der Waals surface area contributed by atoms with Gasteiger partial charge >= 0.3 is 0 Å². The fraction of sp³-hybridized carbons (Fsp3) is 0.643. The van der Waals surface area contributed by atoms with Gasteiger partial charge in [0.05, 0.1) is 8.45 Å². The second-order valence-electron chi connectivity index (χ2n) is 5.50. The molecule has 2 saturated heterocycles. The van der Waals surface area contributed by atoms with Gasteiger partial charge in [0.1, 0.15) is 0 Å². The summed E-state index contributed by atoms with van der Waals surface area (Å²) in [6, 6.07) is 2.64. The molecule has 0 radical (unpaired) electrons. The third kappa shape index (κ3) is 3.13. The van der Waals surface area contributed by atoms with Crippen LogP contribution in [0.15, 0.2) is 11.4 Å². The SMILES string of the molecule is O=C(c1csc(I)c1)N1CCCC(C2CCCN2)C1. The van der Waals surface area contributed by atoms with E-state index in [9.17, 15) is 4.79 Å². The number of carbonyl (C=O) groups is 1. The second-order valence-corrected chi connectivity index (χ2v) is 8.30. The van der Waals surface area contributed by atoms with Crippen molar-refractivity contribution in [3.05, 3.63) is 19.9 Å². The Morgan fingerprint density at radius 1 is 1.42 bits per heavy atom. The van der Waals surface area contributed by atoms with E-state index in [4.69, 9.17) is 0 Å². The highest BCUT2D eigenvalue weighted by Crippen LogP contribution is 2.26. The quantitative estimate of drug-likeness (QED) is 0.788. The molecule has 2 atom stereocenters. The van der Waals surface area contributed by atoms with Crippen LogP contribution < -0.4 is 5.32 Å². The number of hydrogen-bond donors (Lipinski definition) is 1. The number of carbonyl (C=O) groups excluding carboxylic acids is 1. The maximum atomic E-state index is 12.5. The molecule has 5 heteroatoms. The van der Waals surface area contributed by atoms with Crippen molar-refractivity contribution in [2.75, 3.05) is 19.6 Å². The molecule has 0 aliphatic carbocycles. The Labute approximate surface area is 131 Å². The predicted molar refractivity (Wildman–Crippen MR) is 86.7 cm³/mol. The fourth-order valence-corrected chi connectivity index (χ4v) is 4.56. The molecular weight excluding hydrogens is 371 g/mol. The fourth-order valence-electron chi connectivity index (χ4n) is 3.24. The number of amides is 1. The molecule has 3 rings (SSSR count). The van der Waals surface area contributed by atoms with E-state index >= 15 is 0 Å². The van der Waals surface area contributed by atoms with Crippen LogP contribution in [0.1, 0.15) is 36.0 Å². The molecule has 19 heavy (non-hydrogen) atoms. The Balaban J connectivity index is 1.65. The first-order valence-electron chi connectivity index (χ1n) is 7.01. The van der Waals surface area contributed by atoms with Gasteiger partial charge in [-0.15, -0.1) is 11.3 Å². The van der Waals surface area contributed by atoms with Gasteiger partial charge in [0.15, 0.2) is 0 Å². The first kappa shape index (κ1) is 13.8. The summed E-state index contributed by atoms with van der Waals surface area (Å²) in [7, 11) is 0. The van der Waals surface area contributed by atoms with Crippen molar-refractivity contribution < 1.29 is 4.79 Å². The Bertz CT molecular complexity index is 456. The number of nitrogens with zero attached hydrogens (tertiary/aromatic N) is 1. The number of thiophene rings is 1. The summed E-state index contributed by atoms with van der Waals surface area (Å²) in [6.07, 6.45) is 4.99. The molecule has 0 saturated carbocycles. The van der Waals surface area contributed by atoms with E-state index in [1.807, 2.05) is 11.4 Å². The van der Waals surface area contributed by atoms with Crippen LogP contribution in [0.4, 0.5) is 0 Å². The summed E-state index contributed by atoms with van der Waals surface area (Å²) in [4.78, 5) is 14.5. The lowest BCUT2D eigenvalue weighted by molar-refractivity contribution is 0.0651. The molecule has 1 aromatic heterocycles. The number of likely N-dealkylation sites (tertiary alicyclic amines) is 1. The molecule has 1 aromatic rings. The van der Waals surface area contributed by atoms with Crippen molar-refractivity contribution in [2.45, 2.75) is 31.7 Å². The molecule has 0 spiro atoms. The van der Waals surface area contributed by atoms with Crippen molar-refractivity contribution in [3.63, 3.8) is 0 Å². The maximum Gasteiger partial charge on any atom is 0.254 e. The molecule has 104 valence electrons. The first-order chi connectivity index (χ1) is 9.24. The lowest BCUT2D eigenvalue weighted by Gasteiger charge is -2.35. The van der Waals surface area contributed by atoms with Crippen molar-refractivity contribution in [1.82, 2.24) is 10.2 Å². The summed E-state index contributed by atoms with van der Waals surface area (Å²) >= 11 is 3.93. The normalized spacial score (nSPS) is 27.7. The van der Waals surface area contributed by atoms with Crippen LogP contribution in [0.5, 0.6) is 0 Å². The lowest BCUT2D eigenvalue weighted by Crippen LogP contribution is -2.45. The van der Waals surface area contributed by atoms with Crippen molar-refractivity contribution >= 4 is 39.8 Å². The maximum absolute atomic E-state index is 12.5. The summed E-state index contributed by atoms with van der Waals surface area (Å²) in [5.41, 5.74) is 0.870. The minimum atomic E-state index is 0.224. The molecular formula is C14H19IN2OS. The molecule has 1 amide bonds. The van der Waals surface area contributed by atoms with Crippen LogP contribution in [-0.2, 0) is 0 Å². The number of nitrogens with one attached hydrogen (secondary N) is 1. The largest absolute Gasteiger partial charge is 0.338 e. The highest BCUT2D eigenvalue weighted by molar-refractivity contribution is 14.1. The van der Waals surface area contributed by atoms with Gasteiger partial charge in [0, 0.05) is 24.5 Å². The van der Waals surface area contributed by atoms with Gasteiger partial charge in [0.25, 0.3) is 5.91 Å². The number of rotatable bonds is 2. The molecule has 0 bridgehead atoms. The van der Waals surface area contributed by atoms with Gasteiger partial charge in [0.2, 0.25) is 0 Å². The van der Waals surface area contributed by atoms with Gasteiger partial charge < -0.3 is 10.2 Å². The highest BCUT2D eigenvalue weighted by Gasteiger charge is 2.31. The third-order valence-electron chi connectivity index (χ3n) is 4.23. The second kappa shape index (κ2) is 6.10. The Hall–Kier alpha value is -0.140. The van der Waals surface area contributed by atoms with Crippen LogP contribution >= 0.6 is 33.9 Å². The molecule has 2 aliphatic heterocycles. The van der Waals surface area contributed by atoms with Crippen molar-refractivity contribution in [1.29, 1.82) is 0 Å². The summed E-state index contributed by atoms with van der Waals surface area (Å²) in [5, 5.41) is 5.58. The first-order valence-corrected chi connectivity index (χ1v) is 8.96.